The molecular formula is C13H25ClN2O2. The normalized spacial score (nSPS) is 24.6. The van der Waals surface area contributed by atoms with Gasteiger partial charge in [-0.05, 0) is 37.0 Å². The summed E-state index contributed by atoms with van der Waals surface area (Å²) in [6.07, 6.45) is 5.55. The van der Waals surface area contributed by atoms with Crippen LogP contribution in [0, 0.1) is 11.3 Å². The van der Waals surface area contributed by atoms with E-state index >= 15 is 0 Å². The van der Waals surface area contributed by atoms with Gasteiger partial charge in [0.2, 0.25) is 5.91 Å². The van der Waals surface area contributed by atoms with Crippen molar-refractivity contribution in [2.24, 2.45) is 17.1 Å². The van der Waals surface area contributed by atoms with Gasteiger partial charge in [-0.25, -0.2) is 0 Å². The van der Waals surface area contributed by atoms with E-state index in [1.165, 1.54) is 19.3 Å². The molecule has 2 fully saturated rings. The molecule has 1 aliphatic heterocycles. The van der Waals surface area contributed by atoms with Crippen molar-refractivity contribution in [2.45, 2.75) is 45.1 Å². The molecule has 2 rings (SSSR count). The van der Waals surface area contributed by atoms with Crippen LogP contribution >= 0.6 is 12.4 Å². The minimum Gasteiger partial charge on any atom is -0.381 e. The van der Waals surface area contributed by atoms with Crippen molar-refractivity contribution in [3.63, 3.8) is 0 Å². The predicted octanol–water partition coefficient (Wildman–Crippen LogP) is 1.47. The van der Waals surface area contributed by atoms with Gasteiger partial charge in [-0.15, -0.1) is 12.4 Å². The van der Waals surface area contributed by atoms with Gasteiger partial charge in [0.15, 0.2) is 0 Å². The first kappa shape index (κ1) is 15.7. The van der Waals surface area contributed by atoms with E-state index in [1.54, 1.807) is 0 Å². The van der Waals surface area contributed by atoms with Crippen molar-refractivity contribution in [1.82, 2.24) is 5.32 Å². The Morgan fingerprint density at radius 1 is 1.44 bits per heavy atom. The maximum atomic E-state index is 12.0. The molecule has 0 aromatic rings. The lowest BCUT2D eigenvalue weighted by atomic mass is 9.70. The van der Waals surface area contributed by atoms with Gasteiger partial charge in [-0.3, -0.25) is 4.79 Å². The molecule has 5 heteroatoms. The number of rotatable bonds is 4. The van der Waals surface area contributed by atoms with E-state index in [-0.39, 0.29) is 30.3 Å². The van der Waals surface area contributed by atoms with Gasteiger partial charge in [0, 0.05) is 19.8 Å². The fourth-order valence-electron chi connectivity index (χ4n) is 2.66. The quantitative estimate of drug-likeness (QED) is 0.817. The molecule has 0 bridgehead atoms. The van der Waals surface area contributed by atoms with Crippen LogP contribution in [0.5, 0.6) is 0 Å². The summed E-state index contributed by atoms with van der Waals surface area (Å²) in [7, 11) is 0. The van der Waals surface area contributed by atoms with Crippen LogP contribution in [-0.4, -0.2) is 31.7 Å². The molecule has 18 heavy (non-hydrogen) atoms. The Labute approximate surface area is 115 Å². The van der Waals surface area contributed by atoms with Gasteiger partial charge in [0.25, 0.3) is 0 Å². The van der Waals surface area contributed by atoms with Crippen LogP contribution in [0.25, 0.3) is 0 Å². The lowest BCUT2D eigenvalue weighted by molar-refractivity contribution is -0.125. The van der Waals surface area contributed by atoms with Crippen molar-refractivity contribution in [3.8, 4) is 0 Å². The lowest BCUT2D eigenvalue weighted by Crippen LogP contribution is -2.50. The SMILES string of the molecule is CC1(CNC(=O)C(N)C2CCOCC2)CCC1.Cl. The Balaban J connectivity index is 0.00000162. The Kier molecular flexibility index (Phi) is 5.89. The minimum atomic E-state index is -0.359. The molecule has 2 aliphatic rings. The highest BCUT2D eigenvalue weighted by atomic mass is 35.5. The average Bonchev–Trinajstić information content (AvgIpc) is 2.33. The van der Waals surface area contributed by atoms with Crippen molar-refractivity contribution >= 4 is 18.3 Å². The van der Waals surface area contributed by atoms with Gasteiger partial charge in [-0.2, -0.15) is 0 Å². The van der Waals surface area contributed by atoms with E-state index in [0.717, 1.165) is 32.6 Å². The molecule has 1 atom stereocenters. The molecule has 0 aromatic heterocycles. The van der Waals surface area contributed by atoms with Gasteiger partial charge >= 0.3 is 0 Å². The van der Waals surface area contributed by atoms with E-state index in [1.807, 2.05) is 0 Å². The van der Waals surface area contributed by atoms with Gasteiger partial charge in [-0.1, -0.05) is 13.3 Å². The summed E-state index contributed by atoms with van der Waals surface area (Å²) in [5.41, 5.74) is 6.34. The number of amides is 1. The molecule has 4 nitrogen and oxygen atoms in total. The Hall–Kier alpha value is -0.320. The first-order valence-corrected chi connectivity index (χ1v) is 6.72. The largest absolute Gasteiger partial charge is 0.381 e. The van der Waals surface area contributed by atoms with E-state index in [0.29, 0.717) is 5.41 Å². The summed E-state index contributed by atoms with van der Waals surface area (Å²) < 4.78 is 5.28. The molecule has 106 valence electrons. The van der Waals surface area contributed by atoms with Crippen molar-refractivity contribution in [1.29, 1.82) is 0 Å². The molecule has 1 saturated heterocycles. The van der Waals surface area contributed by atoms with Crippen LogP contribution in [0.4, 0.5) is 0 Å². The first-order chi connectivity index (χ1) is 8.11. The van der Waals surface area contributed by atoms with Gasteiger partial charge in [0.1, 0.15) is 0 Å². The zero-order chi connectivity index (χ0) is 12.3. The standard InChI is InChI=1S/C13H24N2O2.ClH/c1-13(5-2-6-13)9-15-12(16)11(14)10-3-7-17-8-4-10;/h10-11H,2-9,14H2,1H3,(H,15,16);1H. The minimum absolute atomic E-state index is 0. The number of hydrogen-bond donors (Lipinski definition) is 2. The molecule has 1 aliphatic carbocycles. The Bertz CT molecular complexity index is 276. The van der Waals surface area contributed by atoms with E-state index in [2.05, 4.69) is 12.2 Å². The highest BCUT2D eigenvalue weighted by Crippen LogP contribution is 2.39. The summed E-state index contributed by atoms with van der Waals surface area (Å²) in [4.78, 5) is 12.0. The second kappa shape index (κ2) is 6.73. The topological polar surface area (TPSA) is 64.4 Å². The smallest absolute Gasteiger partial charge is 0.237 e. The number of carbonyl (C=O) groups excluding carboxylic acids is 1. The first-order valence-electron chi connectivity index (χ1n) is 6.72. The second-order valence-corrected chi connectivity index (χ2v) is 5.86. The van der Waals surface area contributed by atoms with Crippen molar-refractivity contribution < 1.29 is 9.53 Å². The third-order valence-electron chi connectivity index (χ3n) is 4.33. The Morgan fingerprint density at radius 3 is 2.56 bits per heavy atom. The summed E-state index contributed by atoms with van der Waals surface area (Å²) in [6, 6.07) is -0.359. The third kappa shape index (κ3) is 3.84. The number of halogens is 1. The number of nitrogens with two attached hydrogens (primary N) is 1. The fraction of sp³-hybridized carbons (Fsp3) is 0.923. The van der Waals surface area contributed by atoms with Crippen LogP contribution in [0.1, 0.15) is 39.0 Å². The Morgan fingerprint density at radius 2 is 2.06 bits per heavy atom. The van der Waals surface area contributed by atoms with Crippen LogP contribution in [0.15, 0.2) is 0 Å². The summed E-state index contributed by atoms with van der Waals surface area (Å²) in [5.74, 6) is 0.308. The van der Waals surface area contributed by atoms with Crippen molar-refractivity contribution in [3.05, 3.63) is 0 Å². The molecule has 1 amide bonds. The highest BCUT2D eigenvalue weighted by molar-refractivity contribution is 5.85. The van der Waals surface area contributed by atoms with E-state index < -0.39 is 0 Å². The lowest BCUT2D eigenvalue weighted by Gasteiger charge is -2.39. The van der Waals surface area contributed by atoms with Crippen LogP contribution in [0.3, 0.4) is 0 Å². The second-order valence-electron chi connectivity index (χ2n) is 5.86. The summed E-state index contributed by atoms with van der Waals surface area (Å²) >= 11 is 0. The van der Waals surface area contributed by atoms with E-state index in [9.17, 15) is 4.79 Å². The molecule has 1 saturated carbocycles. The monoisotopic (exact) mass is 276 g/mol. The molecule has 0 radical (unpaired) electrons. The summed E-state index contributed by atoms with van der Waals surface area (Å²) in [5, 5.41) is 3.02. The molecule has 0 spiro atoms. The molecular weight excluding hydrogens is 252 g/mol. The third-order valence-corrected chi connectivity index (χ3v) is 4.33. The van der Waals surface area contributed by atoms with E-state index in [4.69, 9.17) is 10.5 Å². The number of hydrogen-bond acceptors (Lipinski definition) is 3. The number of nitrogens with one attached hydrogen (secondary N) is 1. The van der Waals surface area contributed by atoms with Crippen LogP contribution < -0.4 is 11.1 Å². The van der Waals surface area contributed by atoms with Crippen LogP contribution in [0.2, 0.25) is 0 Å². The predicted molar refractivity (Wildman–Crippen MR) is 73.7 cm³/mol. The zero-order valence-corrected chi connectivity index (χ0v) is 11.9. The fourth-order valence-corrected chi connectivity index (χ4v) is 2.66. The molecule has 1 unspecified atom stereocenters. The maximum Gasteiger partial charge on any atom is 0.237 e. The van der Waals surface area contributed by atoms with Gasteiger partial charge < -0.3 is 15.8 Å². The van der Waals surface area contributed by atoms with Gasteiger partial charge in [0.05, 0.1) is 6.04 Å². The highest BCUT2D eigenvalue weighted by Gasteiger charge is 2.33. The molecule has 1 heterocycles. The average molecular weight is 277 g/mol. The number of ether oxygens (including phenoxy) is 1. The number of carbonyl (C=O) groups is 1. The molecule has 0 aromatic carbocycles. The summed E-state index contributed by atoms with van der Waals surface area (Å²) in [6.45, 7) is 4.49. The van der Waals surface area contributed by atoms with Crippen LogP contribution in [-0.2, 0) is 9.53 Å². The maximum absolute atomic E-state index is 12.0. The van der Waals surface area contributed by atoms with Crippen molar-refractivity contribution in [2.75, 3.05) is 19.8 Å². The zero-order valence-electron chi connectivity index (χ0n) is 11.1. The molecule has 3 N–H and O–H groups in total.